The van der Waals surface area contributed by atoms with Crippen LogP contribution in [0.5, 0.6) is 0 Å². The Morgan fingerprint density at radius 1 is 1.20 bits per heavy atom. The Morgan fingerprint density at radius 2 is 2.00 bits per heavy atom. The van der Waals surface area contributed by atoms with Crippen molar-refractivity contribution in [2.45, 2.75) is 36.7 Å². The van der Waals surface area contributed by atoms with Gasteiger partial charge in [0.05, 0.1) is 6.10 Å². The molecule has 1 atom stereocenters. The molecule has 1 unspecified atom stereocenters. The number of likely N-dealkylation sites (tertiary alicyclic amines) is 1. The Bertz CT molecular complexity index is 603. The second-order valence-electron chi connectivity index (χ2n) is 7.60. The SMILES string of the molecule is Fc1ccc(CN2CC3(CC(OCC4CCOCC4)CS3)C2)cc1F. The summed E-state index contributed by atoms with van der Waals surface area (Å²) in [6.45, 7) is 5.31. The number of thioether (sulfide) groups is 1. The first-order valence-electron chi connectivity index (χ1n) is 9.11. The smallest absolute Gasteiger partial charge is 0.159 e. The first-order valence-corrected chi connectivity index (χ1v) is 10.1. The molecule has 3 aliphatic heterocycles. The first-order chi connectivity index (χ1) is 12.1. The standard InChI is InChI=1S/C19H25F2NO2S/c20-17-2-1-15(7-18(17)21)9-22-12-19(13-22)8-16(11-25-19)24-10-14-3-5-23-6-4-14/h1-2,7,14,16H,3-6,8-13H2. The van der Waals surface area contributed by atoms with Crippen LogP contribution in [-0.2, 0) is 16.0 Å². The summed E-state index contributed by atoms with van der Waals surface area (Å²) >= 11 is 2.02. The van der Waals surface area contributed by atoms with E-state index in [2.05, 4.69) is 4.90 Å². The highest BCUT2D eigenvalue weighted by Gasteiger charge is 2.49. The van der Waals surface area contributed by atoms with Gasteiger partial charge in [-0.1, -0.05) is 6.07 Å². The lowest BCUT2D eigenvalue weighted by molar-refractivity contribution is -0.0133. The van der Waals surface area contributed by atoms with E-state index in [0.717, 1.165) is 63.5 Å². The van der Waals surface area contributed by atoms with Crippen LogP contribution in [0.25, 0.3) is 0 Å². The van der Waals surface area contributed by atoms with Crippen LogP contribution in [0.3, 0.4) is 0 Å². The van der Waals surface area contributed by atoms with Gasteiger partial charge in [-0.05, 0) is 42.9 Å². The van der Waals surface area contributed by atoms with E-state index in [1.54, 1.807) is 6.07 Å². The zero-order chi connectivity index (χ0) is 17.3. The molecule has 3 nitrogen and oxygen atoms in total. The summed E-state index contributed by atoms with van der Waals surface area (Å²) in [5.74, 6) is 0.188. The van der Waals surface area contributed by atoms with Crippen molar-refractivity contribution in [2.75, 3.05) is 38.7 Å². The van der Waals surface area contributed by atoms with Crippen molar-refractivity contribution in [1.29, 1.82) is 0 Å². The predicted octanol–water partition coefficient (Wildman–Crippen LogP) is 3.47. The summed E-state index contributed by atoms with van der Waals surface area (Å²) < 4.78 is 38.2. The lowest BCUT2D eigenvalue weighted by Gasteiger charge is -2.47. The van der Waals surface area contributed by atoms with Crippen LogP contribution in [0.1, 0.15) is 24.8 Å². The van der Waals surface area contributed by atoms with E-state index < -0.39 is 11.6 Å². The summed E-state index contributed by atoms with van der Waals surface area (Å²) in [5, 5.41) is 0. The molecule has 25 heavy (non-hydrogen) atoms. The van der Waals surface area contributed by atoms with Crippen LogP contribution in [0.15, 0.2) is 18.2 Å². The van der Waals surface area contributed by atoms with Gasteiger partial charge in [0.25, 0.3) is 0 Å². The van der Waals surface area contributed by atoms with Crippen molar-refractivity contribution in [3.8, 4) is 0 Å². The highest BCUT2D eigenvalue weighted by Crippen LogP contribution is 2.46. The van der Waals surface area contributed by atoms with Crippen LogP contribution >= 0.6 is 11.8 Å². The number of halogens is 2. The molecular weight excluding hydrogens is 344 g/mol. The van der Waals surface area contributed by atoms with Gasteiger partial charge in [-0.3, -0.25) is 4.90 Å². The maximum Gasteiger partial charge on any atom is 0.159 e. The highest BCUT2D eigenvalue weighted by atomic mass is 32.2. The van der Waals surface area contributed by atoms with Crippen LogP contribution in [0, 0.1) is 17.6 Å². The van der Waals surface area contributed by atoms with Gasteiger partial charge >= 0.3 is 0 Å². The number of rotatable bonds is 5. The fourth-order valence-corrected chi connectivity index (χ4v) is 5.70. The molecule has 0 amide bonds. The molecule has 6 heteroatoms. The molecule has 0 aromatic heterocycles. The average molecular weight is 369 g/mol. The lowest BCUT2D eigenvalue weighted by atomic mass is 9.92. The number of benzene rings is 1. The molecule has 3 heterocycles. The molecule has 0 aliphatic carbocycles. The molecule has 0 radical (unpaired) electrons. The Morgan fingerprint density at radius 3 is 2.76 bits per heavy atom. The maximum atomic E-state index is 13.3. The van der Waals surface area contributed by atoms with Crippen LogP contribution < -0.4 is 0 Å². The van der Waals surface area contributed by atoms with E-state index in [9.17, 15) is 8.78 Å². The molecule has 1 spiro atoms. The molecule has 0 saturated carbocycles. The van der Waals surface area contributed by atoms with Gasteiger partial charge in [0.2, 0.25) is 0 Å². The fourth-order valence-electron chi connectivity index (χ4n) is 4.09. The Balaban J connectivity index is 1.21. The minimum atomic E-state index is -0.778. The molecule has 4 rings (SSSR count). The quantitative estimate of drug-likeness (QED) is 0.792. The minimum absolute atomic E-state index is 0.304. The number of hydrogen-bond acceptors (Lipinski definition) is 4. The van der Waals surface area contributed by atoms with E-state index >= 15 is 0 Å². The molecule has 3 aliphatic rings. The van der Waals surface area contributed by atoms with E-state index in [1.807, 2.05) is 11.8 Å². The molecule has 3 fully saturated rings. The number of ether oxygens (including phenoxy) is 2. The summed E-state index contributed by atoms with van der Waals surface area (Å²) in [6.07, 6.45) is 3.70. The molecular formula is C19H25F2NO2S. The third-order valence-corrected chi connectivity index (χ3v) is 7.07. The van der Waals surface area contributed by atoms with Gasteiger partial charge in [0.15, 0.2) is 11.6 Å². The molecule has 1 aromatic carbocycles. The normalized spacial score (nSPS) is 26.9. The van der Waals surface area contributed by atoms with Crippen LogP contribution in [-0.4, -0.2) is 54.4 Å². The molecule has 138 valence electrons. The molecule has 1 aromatic rings. The fraction of sp³-hybridized carbons (Fsp3) is 0.684. The monoisotopic (exact) mass is 369 g/mol. The number of nitrogens with zero attached hydrogens (tertiary/aromatic N) is 1. The van der Waals surface area contributed by atoms with Crippen molar-refractivity contribution in [3.63, 3.8) is 0 Å². The lowest BCUT2D eigenvalue weighted by Crippen LogP contribution is -2.58. The van der Waals surface area contributed by atoms with Crippen LogP contribution in [0.2, 0.25) is 0 Å². The number of hydrogen-bond donors (Lipinski definition) is 0. The second-order valence-corrected chi connectivity index (χ2v) is 9.09. The molecule has 0 bridgehead atoms. The van der Waals surface area contributed by atoms with Gasteiger partial charge in [-0.2, -0.15) is 0 Å². The maximum absolute atomic E-state index is 13.3. The first kappa shape index (κ1) is 17.7. The van der Waals surface area contributed by atoms with Crippen molar-refractivity contribution in [2.24, 2.45) is 5.92 Å². The predicted molar refractivity (Wildman–Crippen MR) is 94.7 cm³/mol. The Kier molecular flexibility index (Phi) is 5.32. The summed E-state index contributed by atoms with van der Waals surface area (Å²) in [6, 6.07) is 4.19. The van der Waals surface area contributed by atoms with E-state index in [4.69, 9.17) is 9.47 Å². The summed E-state index contributed by atoms with van der Waals surface area (Å²) in [7, 11) is 0. The molecule has 3 saturated heterocycles. The average Bonchev–Trinajstić information content (AvgIpc) is 3.01. The van der Waals surface area contributed by atoms with Crippen molar-refractivity contribution in [1.82, 2.24) is 4.90 Å². The highest BCUT2D eigenvalue weighted by molar-refractivity contribution is 8.01. The van der Waals surface area contributed by atoms with Crippen molar-refractivity contribution in [3.05, 3.63) is 35.4 Å². The van der Waals surface area contributed by atoms with Gasteiger partial charge in [0, 0.05) is 50.0 Å². The van der Waals surface area contributed by atoms with Crippen molar-refractivity contribution < 1.29 is 18.3 Å². The van der Waals surface area contributed by atoms with Crippen molar-refractivity contribution >= 4 is 11.8 Å². The van der Waals surface area contributed by atoms with E-state index in [-0.39, 0.29) is 0 Å². The Hall–Kier alpha value is -0.690. The Labute approximate surface area is 152 Å². The third kappa shape index (κ3) is 4.18. The molecule has 0 N–H and O–H groups in total. The minimum Gasteiger partial charge on any atom is -0.381 e. The van der Waals surface area contributed by atoms with Gasteiger partial charge in [0.1, 0.15) is 0 Å². The van der Waals surface area contributed by atoms with Gasteiger partial charge < -0.3 is 9.47 Å². The van der Waals surface area contributed by atoms with Gasteiger partial charge in [-0.15, -0.1) is 11.8 Å². The zero-order valence-corrected chi connectivity index (χ0v) is 15.2. The van der Waals surface area contributed by atoms with E-state index in [1.165, 1.54) is 12.1 Å². The largest absolute Gasteiger partial charge is 0.381 e. The van der Waals surface area contributed by atoms with Gasteiger partial charge in [-0.25, -0.2) is 8.78 Å². The van der Waals surface area contributed by atoms with Crippen LogP contribution in [0.4, 0.5) is 8.78 Å². The summed E-state index contributed by atoms with van der Waals surface area (Å²) in [5.41, 5.74) is 0.837. The van der Waals surface area contributed by atoms with E-state index in [0.29, 0.717) is 23.3 Å². The second kappa shape index (κ2) is 7.51. The zero-order valence-electron chi connectivity index (χ0n) is 14.4. The topological polar surface area (TPSA) is 21.7 Å². The third-order valence-electron chi connectivity index (χ3n) is 5.50. The summed E-state index contributed by atoms with van der Waals surface area (Å²) in [4.78, 5) is 2.31.